The lowest BCUT2D eigenvalue weighted by atomic mass is 10.9. The summed E-state index contributed by atoms with van der Waals surface area (Å²) >= 11 is 0. The molecule has 0 spiro atoms. The number of hydrogen-bond donors (Lipinski definition) is 2. The summed E-state index contributed by atoms with van der Waals surface area (Å²) in [6, 6.07) is 0. The summed E-state index contributed by atoms with van der Waals surface area (Å²) in [7, 11) is 0.0324. The second-order valence-electron chi connectivity index (χ2n) is 2.61. The topological polar surface area (TPSA) is 60.8 Å². The van der Waals surface area contributed by atoms with Gasteiger partial charge in [0.2, 0.25) is 7.37 Å². The molecule has 0 fully saturated rings. The summed E-state index contributed by atoms with van der Waals surface area (Å²) in [6.45, 7) is 1.32. The summed E-state index contributed by atoms with van der Waals surface area (Å²) in [5.74, 6) is -1.13. The molecule has 62 valence electrons. The van der Waals surface area contributed by atoms with Crippen molar-refractivity contribution in [2.24, 2.45) is 0 Å². The number of nitrogens with zero attached hydrogens (tertiary/aromatic N) is 1. The highest BCUT2D eigenvalue weighted by Crippen LogP contribution is 2.44. The van der Waals surface area contributed by atoms with E-state index in [-0.39, 0.29) is 6.29 Å². The molecule has 10 heavy (non-hydrogen) atoms. The molecule has 0 saturated carbocycles. The zero-order chi connectivity index (χ0) is 8.36. The van der Waals surface area contributed by atoms with E-state index in [2.05, 4.69) is 0 Å². The normalized spacial score (nSPS) is 20.6. The van der Waals surface area contributed by atoms with E-state index < -0.39 is 13.2 Å². The Bertz CT molecular complexity index is 146. The van der Waals surface area contributed by atoms with Gasteiger partial charge in [-0.3, -0.25) is 4.57 Å². The Hall–Kier alpha value is 0.110. The minimum Gasteiger partial charge on any atom is -0.383 e. The van der Waals surface area contributed by atoms with Gasteiger partial charge in [-0.15, -0.1) is 0 Å². The van der Waals surface area contributed by atoms with Crippen molar-refractivity contribution in [2.75, 3.05) is 20.4 Å². The van der Waals surface area contributed by atoms with E-state index in [0.717, 1.165) is 0 Å². The molecular formula is C5H14NO3P. The third kappa shape index (κ3) is 3.32. The molecule has 0 heterocycles. The molecule has 0 aromatic carbocycles. The molecule has 4 nitrogen and oxygen atoms in total. The molecule has 5 heteroatoms. The van der Waals surface area contributed by atoms with Crippen LogP contribution in [0.4, 0.5) is 0 Å². The average Bonchev–Trinajstić information content (AvgIpc) is 1.60. The third-order valence-corrected chi connectivity index (χ3v) is 3.21. The summed E-state index contributed by atoms with van der Waals surface area (Å²) < 4.78 is 11.0. The quantitative estimate of drug-likeness (QED) is 0.586. The first kappa shape index (κ1) is 10.1. The van der Waals surface area contributed by atoms with Gasteiger partial charge in [-0.05, 0) is 21.0 Å². The number of aliphatic hydroxyl groups is 1. The van der Waals surface area contributed by atoms with Gasteiger partial charge in [0.05, 0.1) is 6.29 Å². The van der Waals surface area contributed by atoms with Gasteiger partial charge >= 0.3 is 0 Å². The van der Waals surface area contributed by atoms with Crippen LogP contribution in [0.5, 0.6) is 0 Å². The van der Waals surface area contributed by atoms with Crippen LogP contribution in [-0.2, 0) is 4.57 Å². The van der Waals surface area contributed by atoms with Crippen LogP contribution in [0.2, 0.25) is 0 Å². The van der Waals surface area contributed by atoms with E-state index in [4.69, 9.17) is 10.00 Å². The van der Waals surface area contributed by atoms with Crippen molar-refractivity contribution in [3.63, 3.8) is 0 Å². The van der Waals surface area contributed by atoms with Crippen molar-refractivity contribution >= 4 is 7.37 Å². The van der Waals surface area contributed by atoms with Crippen molar-refractivity contribution in [3.8, 4) is 0 Å². The molecule has 0 aliphatic carbocycles. The van der Waals surface area contributed by atoms with Gasteiger partial charge in [0.25, 0.3) is 0 Å². The molecule has 0 rings (SSSR count). The Morgan fingerprint density at radius 1 is 1.60 bits per heavy atom. The molecule has 2 atom stereocenters. The van der Waals surface area contributed by atoms with E-state index in [0.29, 0.717) is 0 Å². The minimum absolute atomic E-state index is 0.0324. The number of rotatable bonds is 3. The lowest BCUT2D eigenvalue weighted by Gasteiger charge is -2.18. The second kappa shape index (κ2) is 3.49. The van der Waals surface area contributed by atoms with Crippen LogP contribution in [0.1, 0.15) is 6.92 Å². The molecule has 0 aromatic rings. The smallest absolute Gasteiger partial charge is 0.241 e. The Morgan fingerprint density at radius 2 is 2.00 bits per heavy atom. The van der Waals surface area contributed by atoms with Crippen LogP contribution < -0.4 is 0 Å². The maximum Gasteiger partial charge on any atom is 0.241 e. The monoisotopic (exact) mass is 167 g/mol. The fourth-order valence-corrected chi connectivity index (χ4v) is 1.57. The highest BCUT2D eigenvalue weighted by atomic mass is 31.2. The van der Waals surface area contributed by atoms with Gasteiger partial charge < -0.3 is 14.9 Å². The summed E-state index contributed by atoms with van der Waals surface area (Å²) in [6.07, 6.45) is 0.0324. The molecule has 2 unspecified atom stereocenters. The fraction of sp³-hybridized carbons (Fsp3) is 1.00. The molecule has 0 saturated heterocycles. The third-order valence-electron chi connectivity index (χ3n) is 1.07. The summed E-state index contributed by atoms with van der Waals surface area (Å²) in [5.41, 5.74) is 0. The van der Waals surface area contributed by atoms with E-state index >= 15 is 0 Å². The largest absolute Gasteiger partial charge is 0.383 e. The minimum atomic E-state index is -3.34. The Labute approximate surface area is 60.9 Å². The van der Waals surface area contributed by atoms with Gasteiger partial charge in [0.1, 0.15) is 5.85 Å². The lowest BCUT2D eigenvalue weighted by molar-refractivity contribution is 0.242. The maximum absolute atomic E-state index is 11.0. The van der Waals surface area contributed by atoms with Crippen LogP contribution in [0.25, 0.3) is 0 Å². The first-order valence-corrected chi connectivity index (χ1v) is 4.92. The number of aliphatic hydroxyl groups excluding tert-OH is 1. The van der Waals surface area contributed by atoms with Crippen LogP contribution >= 0.6 is 7.37 Å². The molecule has 0 aliphatic heterocycles. The fourth-order valence-electron chi connectivity index (χ4n) is 0.523. The van der Waals surface area contributed by atoms with Crippen molar-refractivity contribution in [3.05, 3.63) is 0 Å². The van der Waals surface area contributed by atoms with Gasteiger partial charge in [-0.2, -0.15) is 0 Å². The van der Waals surface area contributed by atoms with E-state index in [9.17, 15) is 4.57 Å². The van der Waals surface area contributed by atoms with Crippen molar-refractivity contribution < 1.29 is 14.6 Å². The van der Waals surface area contributed by atoms with E-state index in [1.165, 1.54) is 6.92 Å². The van der Waals surface area contributed by atoms with Gasteiger partial charge in [0.15, 0.2) is 0 Å². The second-order valence-corrected chi connectivity index (χ2v) is 5.15. The van der Waals surface area contributed by atoms with Gasteiger partial charge in [-0.25, -0.2) is 0 Å². The Morgan fingerprint density at radius 3 is 2.10 bits per heavy atom. The van der Waals surface area contributed by atoms with Gasteiger partial charge in [0, 0.05) is 0 Å². The van der Waals surface area contributed by atoms with Crippen LogP contribution in [0.15, 0.2) is 0 Å². The van der Waals surface area contributed by atoms with E-state index in [1.54, 1.807) is 19.0 Å². The highest BCUT2D eigenvalue weighted by Gasteiger charge is 2.25. The molecule has 2 N–H and O–H groups in total. The van der Waals surface area contributed by atoms with Crippen molar-refractivity contribution in [2.45, 2.75) is 12.8 Å². The first-order valence-electron chi connectivity index (χ1n) is 3.00. The number of hydrogen-bond acceptors (Lipinski definition) is 3. The van der Waals surface area contributed by atoms with Gasteiger partial charge in [-0.1, -0.05) is 0 Å². The van der Waals surface area contributed by atoms with E-state index in [1.807, 2.05) is 0 Å². The zero-order valence-corrected chi connectivity index (χ0v) is 7.38. The molecular weight excluding hydrogens is 153 g/mol. The molecule has 0 radical (unpaired) electrons. The predicted molar refractivity (Wildman–Crippen MR) is 40.1 cm³/mol. The van der Waals surface area contributed by atoms with Crippen LogP contribution in [-0.4, -0.2) is 41.1 Å². The van der Waals surface area contributed by atoms with Crippen LogP contribution in [0.3, 0.4) is 0 Å². The molecule has 0 aliphatic rings. The lowest BCUT2D eigenvalue weighted by Crippen LogP contribution is -2.17. The van der Waals surface area contributed by atoms with Crippen LogP contribution in [0, 0.1) is 0 Å². The molecule has 0 amide bonds. The molecule has 0 bridgehead atoms. The van der Waals surface area contributed by atoms with Crippen molar-refractivity contribution in [1.29, 1.82) is 0 Å². The first-order chi connectivity index (χ1) is 4.36. The standard InChI is InChI=1S/C5H14NO3P/c1-5(7)10(8,9)4-6(2)3/h5,7H,4H2,1-3H3,(H,8,9). The zero-order valence-electron chi connectivity index (χ0n) is 6.48. The Balaban J connectivity index is 4.01. The highest BCUT2D eigenvalue weighted by molar-refractivity contribution is 7.58. The molecule has 0 aromatic heterocycles. The van der Waals surface area contributed by atoms with Crippen molar-refractivity contribution in [1.82, 2.24) is 4.90 Å². The predicted octanol–water partition coefficient (Wildman–Crippen LogP) is 0.114. The maximum atomic E-state index is 11.0. The summed E-state index contributed by atoms with van der Waals surface area (Å²) in [5, 5.41) is 8.79. The average molecular weight is 167 g/mol. The SMILES string of the molecule is CC(O)P(=O)(O)CN(C)C. The summed E-state index contributed by atoms with van der Waals surface area (Å²) in [4.78, 5) is 10.6. The Kier molecular flexibility index (Phi) is 3.52.